The average molecular weight is 400 g/mol. The van der Waals surface area contributed by atoms with E-state index in [1.54, 1.807) is 17.9 Å². The van der Waals surface area contributed by atoms with E-state index in [1.165, 1.54) is 0 Å². The van der Waals surface area contributed by atoms with Gasteiger partial charge >= 0.3 is 0 Å². The lowest BCUT2D eigenvalue weighted by molar-refractivity contribution is -0.137. The maximum atomic E-state index is 12.9. The monoisotopic (exact) mass is 400 g/mol. The second-order valence-corrected chi connectivity index (χ2v) is 8.02. The fourth-order valence-electron chi connectivity index (χ4n) is 4.36. The first-order chi connectivity index (χ1) is 14.0. The summed E-state index contributed by atoms with van der Waals surface area (Å²) in [5, 5.41) is 23.0. The number of para-hydroxylation sites is 1. The lowest BCUT2D eigenvalue weighted by Crippen LogP contribution is -2.56. The summed E-state index contributed by atoms with van der Waals surface area (Å²) in [6, 6.07) is 6.85. The predicted molar refractivity (Wildman–Crippen MR) is 106 cm³/mol. The van der Waals surface area contributed by atoms with Crippen LogP contribution >= 0.6 is 0 Å². The molecule has 1 saturated carbocycles. The third-order valence-electron chi connectivity index (χ3n) is 6.01. The number of nitrogens with zero attached hydrogens (tertiary/aromatic N) is 1. The smallest absolute Gasteiger partial charge is 0.247 e. The van der Waals surface area contributed by atoms with E-state index in [0.29, 0.717) is 30.2 Å². The molecule has 1 aromatic rings. The van der Waals surface area contributed by atoms with Gasteiger partial charge in [0, 0.05) is 30.6 Å². The number of carbonyl (C=O) groups is 2. The molecule has 3 aliphatic rings. The number of aliphatic hydroxyl groups excluding tert-OH is 2. The van der Waals surface area contributed by atoms with Crippen LogP contribution < -0.4 is 10.1 Å². The molecule has 4 atom stereocenters. The van der Waals surface area contributed by atoms with Gasteiger partial charge in [0.05, 0.1) is 18.6 Å². The Labute approximate surface area is 170 Å². The van der Waals surface area contributed by atoms with Crippen molar-refractivity contribution in [3.05, 3.63) is 41.5 Å². The van der Waals surface area contributed by atoms with Gasteiger partial charge in [0.15, 0.2) is 0 Å². The van der Waals surface area contributed by atoms with Crippen molar-refractivity contribution in [1.29, 1.82) is 0 Å². The van der Waals surface area contributed by atoms with Crippen molar-refractivity contribution in [2.24, 2.45) is 5.92 Å². The number of benzene rings is 1. The minimum Gasteiger partial charge on any atom is -0.486 e. The van der Waals surface area contributed by atoms with Crippen LogP contribution in [0.15, 0.2) is 35.9 Å². The van der Waals surface area contributed by atoms with Gasteiger partial charge in [-0.15, -0.1) is 0 Å². The number of hydrogen-bond acceptors (Lipinski definition) is 5. The van der Waals surface area contributed by atoms with Gasteiger partial charge in [0.1, 0.15) is 18.0 Å². The highest BCUT2D eigenvalue weighted by Gasteiger charge is 2.50. The quantitative estimate of drug-likeness (QED) is 0.633. The van der Waals surface area contributed by atoms with E-state index < -0.39 is 24.2 Å². The molecule has 7 nitrogen and oxygen atoms in total. The van der Waals surface area contributed by atoms with Gasteiger partial charge in [-0.05, 0) is 30.9 Å². The van der Waals surface area contributed by atoms with E-state index in [9.17, 15) is 14.7 Å². The molecule has 156 valence electrons. The summed E-state index contributed by atoms with van der Waals surface area (Å²) in [4.78, 5) is 27.3. The van der Waals surface area contributed by atoms with E-state index >= 15 is 0 Å². The zero-order valence-corrected chi connectivity index (χ0v) is 16.6. The van der Waals surface area contributed by atoms with Gasteiger partial charge in [0.2, 0.25) is 11.8 Å². The van der Waals surface area contributed by atoms with Crippen LogP contribution in [0.1, 0.15) is 37.7 Å². The van der Waals surface area contributed by atoms with Gasteiger partial charge in [-0.2, -0.15) is 0 Å². The Morgan fingerprint density at radius 2 is 2.03 bits per heavy atom. The molecular weight excluding hydrogens is 372 g/mol. The van der Waals surface area contributed by atoms with Gasteiger partial charge in [-0.1, -0.05) is 25.1 Å². The van der Waals surface area contributed by atoms with Gasteiger partial charge < -0.3 is 25.2 Å². The fourth-order valence-corrected chi connectivity index (χ4v) is 4.36. The van der Waals surface area contributed by atoms with Crippen LogP contribution in [0.25, 0.3) is 0 Å². The number of ether oxygens (including phenoxy) is 1. The highest BCUT2D eigenvalue weighted by atomic mass is 16.5. The zero-order valence-electron chi connectivity index (χ0n) is 16.6. The number of fused-ring (bicyclic) bond motifs is 3. The molecule has 1 aromatic carbocycles. The van der Waals surface area contributed by atoms with Crippen molar-refractivity contribution in [3.63, 3.8) is 0 Å². The van der Waals surface area contributed by atoms with Crippen LogP contribution in [0.5, 0.6) is 5.75 Å². The van der Waals surface area contributed by atoms with Gasteiger partial charge in [-0.3, -0.25) is 9.59 Å². The van der Waals surface area contributed by atoms with Crippen LogP contribution in [0.2, 0.25) is 0 Å². The Morgan fingerprint density at radius 3 is 2.72 bits per heavy atom. The summed E-state index contributed by atoms with van der Waals surface area (Å²) < 4.78 is 6.06. The molecule has 0 radical (unpaired) electrons. The highest BCUT2D eigenvalue weighted by molar-refractivity contribution is 5.96. The average Bonchev–Trinajstić information content (AvgIpc) is 3.48. The molecule has 7 heteroatoms. The molecule has 1 heterocycles. The van der Waals surface area contributed by atoms with Crippen molar-refractivity contribution in [2.75, 3.05) is 19.7 Å². The van der Waals surface area contributed by atoms with E-state index in [0.717, 1.165) is 18.4 Å². The molecule has 1 fully saturated rings. The topological polar surface area (TPSA) is 99.1 Å². The molecular formula is C22H28N2O5. The normalized spacial score (nSPS) is 27.3. The van der Waals surface area contributed by atoms with Crippen molar-refractivity contribution in [2.45, 2.75) is 50.4 Å². The van der Waals surface area contributed by atoms with Crippen molar-refractivity contribution in [1.82, 2.24) is 10.2 Å². The number of nitrogens with one attached hydrogen (secondary N) is 1. The molecule has 0 bridgehead atoms. The second kappa shape index (κ2) is 8.16. The lowest BCUT2D eigenvalue weighted by Gasteiger charge is -2.40. The maximum absolute atomic E-state index is 12.9. The Balaban J connectivity index is 1.72. The molecule has 4 unspecified atom stereocenters. The SMILES string of the molecule is CCC(=O)N(CC1CC1)C1C=C(C(=O)NCCO)C2c3ccccc3OC2C1O. The summed E-state index contributed by atoms with van der Waals surface area (Å²) >= 11 is 0. The summed E-state index contributed by atoms with van der Waals surface area (Å²) in [5.41, 5.74) is 1.34. The van der Waals surface area contributed by atoms with Crippen LogP contribution in [-0.2, 0) is 9.59 Å². The number of rotatable bonds is 7. The molecule has 2 amide bonds. The van der Waals surface area contributed by atoms with E-state index in [2.05, 4.69) is 5.32 Å². The van der Waals surface area contributed by atoms with Gasteiger partial charge in [0.25, 0.3) is 0 Å². The van der Waals surface area contributed by atoms with E-state index in [4.69, 9.17) is 9.84 Å². The largest absolute Gasteiger partial charge is 0.486 e. The van der Waals surface area contributed by atoms with Crippen LogP contribution in [0.4, 0.5) is 0 Å². The van der Waals surface area contributed by atoms with Gasteiger partial charge in [-0.25, -0.2) is 0 Å². The number of aliphatic hydroxyl groups is 2. The minimum absolute atomic E-state index is 0.0405. The number of amides is 2. The number of hydrogen-bond donors (Lipinski definition) is 3. The molecule has 4 rings (SSSR count). The Morgan fingerprint density at radius 1 is 1.28 bits per heavy atom. The maximum Gasteiger partial charge on any atom is 0.247 e. The van der Waals surface area contributed by atoms with E-state index in [-0.39, 0.29) is 25.0 Å². The van der Waals surface area contributed by atoms with Crippen molar-refractivity contribution < 1.29 is 24.5 Å². The Hall–Kier alpha value is -2.38. The summed E-state index contributed by atoms with van der Waals surface area (Å²) in [6.45, 7) is 2.37. The lowest BCUT2D eigenvalue weighted by atomic mass is 9.77. The highest BCUT2D eigenvalue weighted by Crippen LogP contribution is 2.47. The number of carbonyl (C=O) groups excluding carboxylic acids is 2. The molecule has 2 aliphatic carbocycles. The predicted octanol–water partition coefficient (Wildman–Crippen LogP) is 0.958. The van der Waals surface area contributed by atoms with E-state index in [1.807, 2.05) is 24.3 Å². The van der Waals surface area contributed by atoms with Crippen molar-refractivity contribution in [3.8, 4) is 5.75 Å². The minimum atomic E-state index is -0.934. The molecule has 0 spiro atoms. The molecule has 3 N–H and O–H groups in total. The standard InChI is InChI=1S/C22H28N2O5/c1-2-18(26)24(12-13-7-8-13)16-11-15(22(28)23-9-10-25)19-14-5-3-4-6-17(14)29-21(19)20(16)27/h3-6,11,13,16,19-21,25,27H,2,7-10,12H2,1H3,(H,23,28). The first-order valence-corrected chi connectivity index (χ1v) is 10.4. The third-order valence-corrected chi connectivity index (χ3v) is 6.01. The summed E-state index contributed by atoms with van der Waals surface area (Å²) in [7, 11) is 0. The Kier molecular flexibility index (Phi) is 5.61. The molecule has 1 aliphatic heterocycles. The zero-order chi connectivity index (χ0) is 20.5. The van der Waals surface area contributed by atoms with Crippen LogP contribution in [0, 0.1) is 5.92 Å². The molecule has 0 saturated heterocycles. The van der Waals surface area contributed by atoms with Crippen LogP contribution in [-0.4, -0.2) is 64.9 Å². The Bertz CT molecular complexity index is 819. The molecule has 0 aromatic heterocycles. The molecule has 29 heavy (non-hydrogen) atoms. The summed E-state index contributed by atoms with van der Waals surface area (Å²) in [6.07, 6.45) is 2.67. The van der Waals surface area contributed by atoms with Crippen molar-refractivity contribution >= 4 is 11.8 Å². The van der Waals surface area contributed by atoms with Crippen LogP contribution in [0.3, 0.4) is 0 Å². The first kappa shape index (κ1) is 19.9. The third kappa shape index (κ3) is 3.76. The fraction of sp³-hybridized carbons (Fsp3) is 0.545. The second-order valence-electron chi connectivity index (χ2n) is 8.02. The first-order valence-electron chi connectivity index (χ1n) is 10.4. The summed E-state index contributed by atoms with van der Waals surface area (Å²) in [5.74, 6) is 0.356.